The van der Waals surface area contributed by atoms with Crippen LogP contribution in [0.5, 0.6) is 0 Å². The highest BCUT2D eigenvalue weighted by Crippen LogP contribution is 2.31. The van der Waals surface area contributed by atoms with E-state index in [1.165, 1.54) is 0 Å². The van der Waals surface area contributed by atoms with Crippen LogP contribution >= 0.6 is 26.6 Å². The fourth-order valence-corrected chi connectivity index (χ4v) is 2.59. The van der Waals surface area contributed by atoms with E-state index >= 15 is 0 Å². The molecule has 0 radical (unpaired) electrons. The molecule has 0 spiro atoms. The summed E-state index contributed by atoms with van der Waals surface area (Å²) in [6, 6.07) is 0.954. The molecule has 0 aromatic carbocycles. The summed E-state index contributed by atoms with van der Waals surface area (Å²) in [5.41, 5.74) is -0.684. The molecule has 15 heavy (non-hydrogen) atoms. The van der Waals surface area contributed by atoms with Crippen LogP contribution in [0.4, 0.5) is 8.78 Å². The molecule has 8 heteroatoms. The lowest BCUT2D eigenvalue weighted by Crippen LogP contribution is -2.04. The highest BCUT2D eigenvalue weighted by molar-refractivity contribution is 9.08. The lowest BCUT2D eigenvalue weighted by Gasteiger charge is -2.08. The van der Waals surface area contributed by atoms with Crippen molar-refractivity contribution in [2.24, 2.45) is 0 Å². The molecule has 0 aliphatic rings. The Morgan fingerprint density at radius 1 is 1.53 bits per heavy atom. The largest absolute Gasteiger partial charge is 0.266 e. The van der Waals surface area contributed by atoms with Gasteiger partial charge in [-0.15, -0.1) is 0 Å². The van der Waals surface area contributed by atoms with Gasteiger partial charge in [0.25, 0.3) is 15.5 Å². The molecular weight excluding hydrogens is 316 g/mol. The number of hydrogen-bond donors (Lipinski definition) is 0. The number of alkyl halides is 3. The Labute approximate surface area is 98.0 Å². The van der Waals surface area contributed by atoms with Crippen molar-refractivity contribution in [1.29, 1.82) is 0 Å². The molecule has 0 fully saturated rings. The van der Waals surface area contributed by atoms with E-state index in [9.17, 15) is 17.2 Å². The topological polar surface area (TPSA) is 47.0 Å². The van der Waals surface area contributed by atoms with Gasteiger partial charge in [0, 0.05) is 22.2 Å². The number of aromatic nitrogens is 1. The Kier molecular flexibility index (Phi) is 4.02. The zero-order valence-electron chi connectivity index (χ0n) is 7.12. The van der Waals surface area contributed by atoms with Crippen molar-refractivity contribution >= 4 is 35.7 Å². The van der Waals surface area contributed by atoms with Crippen LogP contribution in [0.3, 0.4) is 0 Å². The van der Waals surface area contributed by atoms with E-state index in [1.54, 1.807) is 0 Å². The predicted octanol–water partition coefficient (Wildman–Crippen LogP) is 2.84. The molecule has 0 bridgehead atoms. The lowest BCUT2D eigenvalue weighted by molar-refractivity contribution is 0.146. The van der Waals surface area contributed by atoms with Crippen LogP contribution in [-0.4, -0.2) is 13.4 Å². The highest BCUT2D eigenvalue weighted by Gasteiger charge is 2.25. The molecule has 0 aliphatic carbocycles. The summed E-state index contributed by atoms with van der Waals surface area (Å²) in [6.07, 6.45) is -1.81. The van der Waals surface area contributed by atoms with Crippen LogP contribution in [0.25, 0.3) is 0 Å². The Morgan fingerprint density at radius 3 is 2.53 bits per heavy atom. The second-order valence-electron chi connectivity index (χ2n) is 2.54. The van der Waals surface area contributed by atoms with Crippen molar-refractivity contribution in [3.8, 4) is 0 Å². The summed E-state index contributed by atoms with van der Waals surface area (Å²) in [6.45, 7) is 0. The van der Waals surface area contributed by atoms with E-state index in [0.717, 1.165) is 12.3 Å². The molecule has 0 saturated heterocycles. The van der Waals surface area contributed by atoms with E-state index < -0.39 is 25.9 Å². The SMILES string of the molecule is O=S(=O)(Cl)c1ccnc(CBr)c1C(F)F. The van der Waals surface area contributed by atoms with Crippen LogP contribution in [0.15, 0.2) is 17.2 Å². The van der Waals surface area contributed by atoms with Gasteiger partial charge in [0.15, 0.2) is 0 Å². The normalized spacial score (nSPS) is 12.1. The van der Waals surface area contributed by atoms with Gasteiger partial charge < -0.3 is 0 Å². The predicted molar refractivity (Wildman–Crippen MR) is 54.9 cm³/mol. The fraction of sp³-hybridized carbons (Fsp3) is 0.286. The molecule has 0 amide bonds. The number of hydrogen-bond acceptors (Lipinski definition) is 3. The Bertz CT molecular complexity index is 466. The Hall–Kier alpha value is -0.270. The molecule has 0 atom stereocenters. The average Bonchev–Trinajstić information content (AvgIpc) is 2.15. The summed E-state index contributed by atoms with van der Waals surface area (Å²) >= 11 is 2.94. The molecule has 0 N–H and O–H groups in total. The van der Waals surface area contributed by atoms with Crippen molar-refractivity contribution in [1.82, 2.24) is 4.98 Å². The minimum atomic E-state index is -4.18. The standard InChI is InChI=1S/C7H5BrClF2NO2S/c8-3-4-6(7(10)11)5(1-2-12-4)15(9,13)14/h1-2,7H,3H2. The summed E-state index contributed by atoms with van der Waals surface area (Å²) in [4.78, 5) is 3.05. The van der Waals surface area contributed by atoms with Crippen molar-refractivity contribution in [3.63, 3.8) is 0 Å². The molecule has 1 rings (SSSR count). The molecular formula is C7H5BrClF2NO2S. The minimum Gasteiger partial charge on any atom is -0.260 e. The monoisotopic (exact) mass is 319 g/mol. The van der Waals surface area contributed by atoms with Crippen LogP contribution in [0.1, 0.15) is 17.7 Å². The number of rotatable bonds is 3. The van der Waals surface area contributed by atoms with E-state index in [0.29, 0.717) is 0 Å². The molecule has 0 aliphatic heterocycles. The molecule has 1 aromatic heterocycles. The summed E-state index contributed by atoms with van der Waals surface area (Å²) in [5.74, 6) is 0. The Balaban J connectivity index is 3.53. The maximum atomic E-state index is 12.6. The smallest absolute Gasteiger partial charge is 0.260 e. The fourth-order valence-electron chi connectivity index (χ4n) is 1.05. The molecule has 0 unspecified atom stereocenters. The van der Waals surface area contributed by atoms with Crippen molar-refractivity contribution < 1.29 is 17.2 Å². The number of halogens is 4. The van der Waals surface area contributed by atoms with Crippen molar-refractivity contribution in [2.75, 3.05) is 0 Å². The minimum absolute atomic E-state index is 0.0346. The van der Waals surface area contributed by atoms with Crippen LogP contribution in [0, 0.1) is 0 Å². The van der Waals surface area contributed by atoms with Crippen molar-refractivity contribution in [3.05, 3.63) is 23.5 Å². The lowest BCUT2D eigenvalue weighted by atomic mass is 10.2. The molecule has 1 heterocycles. The third-order valence-corrected chi connectivity index (χ3v) is 3.55. The molecule has 0 saturated carbocycles. The van der Waals surface area contributed by atoms with Gasteiger partial charge in [0.2, 0.25) is 0 Å². The summed E-state index contributed by atoms with van der Waals surface area (Å²) < 4.78 is 47.3. The molecule has 3 nitrogen and oxygen atoms in total. The zero-order valence-corrected chi connectivity index (χ0v) is 10.3. The van der Waals surface area contributed by atoms with Gasteiger partial charge in [-0.2, -0.15) is 0 Å². The van der Waals surface area contributed by atoms with Gasteiger partial charge in [0.05, 0.1) is 16.2 Å². The quantitative estimate of drug-likeness (QED) is 0.635. The number of nitrogens with zero attached hydrogens (tertiary/aromatic N) is 1. The van der Waals surface area contributed by atoms with Gasteiger partial charge >= 0.3 is 0 Å². The van der Waals surface area contributed by atoms with Crippen LogP contribution in [0.2, 0.25) is 0 Å². The first kappa shape index (κ1) is 12.8. The van der Waals surface area contributed by atoms with Crippen molar-refractivity contribution in [2.45, 2.75) is 16.7 Å². The Morgan fingerprint density at radius 2 is 2.13 bits per heavy atom. The van der Waals surface area contributed by atoms with Crippen LogP contribution in [-0.2, 0) is 14.4 Å². The molecule has 84 valence electrons. The second-order valence-corrected chi connectivity index (χ2v) is 5.64. The highest BCUT2D eigenvalue weighted by atomic mass is 79.9. The second kappa shape index (κ2) is 4.71. The van der Waals surface area contributed by atoms with Gasteiger partial charge in [-0.25, -0.2) is 17.2 Å². The first-order chi connectivity index (χ1) is 6.88. The van der Waals surface area contributed by atoms with E-state index in [-0.39, 0.29) is 11.0 Å². The van der Waals surface area contributed by atoms with E-state index in [4.69, 9.17) is 10.7 Å². The number of pyridine rings is 1. The van der Waals surface area contributed by atoms with Crippen LogP contribution < -0.4 is 0 Å². The van der Waals surface area contributed by atoms with Gasteiger partial charge in [-0.05, 0) is 6.07 Å². The van der Waals surface area contributed by atoms with E-state index in [2.05, 4.69) is 20.9 Å². The third kappa shape index (κ3) is 2.85. The average molecular weight is 321 g/mol. The summed E-state index contributed by atoms with van der Waals surface area (Å²) in [5, 5.41) is 0.0346. The third-order valence-electron chi connectivity index (χ3n) is 1.64. The van der Waals surface area contributed by atoms with E-state index in [1.807, 2.05) is 0 Å². The molecule has 1 aromatic rings. The van der Waals surface area contributed by atoms with Gasteiger partial charge in [0.1, 0.15) is 0 Å². The van der Waals surface area contributed by atoms with Gasteiger partial charge in [-0.3, -0.25) is 4.98 Å². The maximum absolute atomic E-state index is 12.6. The summed E-state index contributed by atoms with van der Waals surface area (Å²) in [7, 11) is 0.853. The first-order valence-corrected chi connectivity index (χ1v) is 7.07. The maximum Gasteiger partial charge on any atom is 0.266 e. The zero-order chi connectivity index (χ0) is 11.6. The van der Waals surface area contributed by atoms with Gasteiger partial charge in [-0.1, -0.05) is 15.9 Å². The first-order valence-electron chi connectivity index (χ1n) is 3.64.